The fourth-order valence-corrected chi connectivity index (χ4v) is 2.26. The number of aryl methyl sites for hydroxylation is 2. The Hall–Kier alpha value is -1.22. The van der Waals surface area contributed by atoms with Gasteiger partial charge in [-0.25, -0.2) is 4.98 Å². The smallest absolute Gasteiger partial charge is 0.125 e. The van der Waals surface area contributed by atoms with Crippen LogP contribution in [0.25, 0.3) is 10.6 Å². The molecule has 0 atom stereocenters. The van der Waals surface area contributed by atoms with Crippen molar-refractivity contribution in [1.29, 1.82) is 0 Å². The lowest BCUT2D eigenvalue weighted by Crippen LogP contribution is -1.85. The van der Waals surface area contributed by atoms with Crippen LogP contribution in [0.1, 0.15) is 18.2 Å². The van der Waals surface area contributed by atoms with Crippen molar-refractivity contribution in [3.63, 3.8) is 0 Å². The molecule has 0 saturated carbocycles. The van der Waals surface area contributed by atoms with Gasteiger partial charge in [0.25, 0.3) is 0 Å². The monoisotopic (exact) mass is 204 g/mol. The van der Waals surface area contributed by atoms with E-state index in [0.29, 0.717) is 0 Å². The lowest BCUT2D eigenvalue weighted by molar-refractivity contribution is 1.06. The molecular weight excluding hydrogens is 192 g/mol. The van der Waals surface area contributed by atoms with Crippen molar-refractivity contribution in [3.05, 3.63) is 35.1 Å². The summed E-state index contributed by atoms with van der Waals surface area (Å²) in [5.74, 6) is 0. The molecule has 3 heteroatoms. The summed E-state index contributed by atoms with van der Waals surface area (Å²) in [5, 5.41) is 3.19. The number of nitrogens with zero attached hydrogens (tertiary/aromatic N) is 2. The third-order valence-corrected chi connectivity index (χ3v) is 3.11. The molecule has 2 heterocycles. The first-order chi connectivity index (χ1) is 6.81. The topological polar surface area (TPSA) is 25.8 Å². The minimum Gasteiger partial charge on any atom is -0.264 e. The Morgan fingerprint density at radius 3 is 2.93 bits per heavy atom. The lowest BCUT2D eigenvalue weighted by Gasteiger charge is -1.99. The number of rotatable bonds is 2. The van der Waals surface area contributed by atoms with Crippen molar-refractivity contribution in [2.75, 3.05) is 0 Å². The maximum Gasteiger partial charge on any atom is 0.125 e. The van der Waals surface area contributed by atoms with Crippen molar-refractivity contribution in [1.82, 2.24) is 9.97 Å². The predicted octanol–water partition coefficient (Wildman–Crippen LogP) is 3.08. The molecule has 0 saturated heterocycles. The van der Waals surface area contributed by atoms with Crippen LogP contribution in [0.15, 0.2) is 23.8 Å². The van der Waals surface area contributed by atoms with Crippen LogP contribution in [0, 0.1) is 6.92 Å². The van der Waals surface area contributed by atoms with E-state index in [2.05, 4.69) is 29.2 Å². The molecule has 0 unspecified atom stereocenters. The molecule has 2 aromatic rings. The SMILES string of the molecule is CCc1csc(-c2cnccc2C)n1. The highest BCUT2D eigenvalue weighted by molar-refractivity contribution is 7.13. The minimum absolute atomic E-state index is 0.996. The van der Waals surface area contributed by atoms with E-state index in [-0.39, 0.29) is 0 Å². The van der Waals surface area contributed by atoms with Crippen LogP contribution in [0.5, 0.6) is 0 Å². The minimum atomic E-state index is 0.996. The first-order valence-corrected chi connectivity index (χ1v) is 5.54. The standard InChI is InChI=1S/C11H12N2S/c1-3-9-7-14-11(13-9)10-6-12-5-4-8(10)2/h4-7H,3H2,1-2H3. The van der Waals surface area contributed by atoms with E-state index in [1.807, 2.05) is 18.5 Å². The molecule has 72 valence electrons. The Kier molecular flexibility index (Phi) is 2.59. The highest BCUT2D eigenvalue weighted by atomic mass is 32.1. The second-order valence-electron chi connectivity index (χ2n) is 3.19. The lowest BCUT2D eigenvalue weighted by atomic mass is 10.2. The second-order valence-corrected chi connectivity index (χ2v) is 4.05. The van der Waals surface area contributed by atoms with E-state index in [4.69, 9.17) is 0 Å². The number of hydrogen-bond donors (Lipinski definition) is 0. The molecule has 0 amide bonds. The summed E-state index contributed by atoms with van der Waals surface area (Å²) >= 11 is 1.69. The number of aromatic nitrogens is 2. The largest absolute Gasteiger partial charge is 0.264 e. The van der Waals surface area contributed by atoms with Gasteiger partial charge in [0, 0.05) is 23.3 Å². The van der Waals surface area contributed by atoms with Crippen molar-refractivity contribution in [3.8, 4) is 10.6 Å². The molecule has 2 rings (SSSR count). The van der Waals surface area contributed by atoms with Crippen LogP contribution in [0.3, 0.4) is 0 Å². The molecule has 0 aliphatic rings. The van der Waals surface area contributed by atoms with Crippen molar-refractivity contribution in [2.45, 2.75) is 20.3 Å². The zero-order valence-electron chi connectivity index (χ0n) is 8.32. The summed E-state index contributed by atoms with van der Waals surface area (Å²) in [7, 11) is 0. The van der Waals surface area contributed by atoms with Crippen molar-refractivity contribution >= 4 is 11.3 Å². The first-order valence-electron chi connectivity index (χ1n) is 4.66. The quantitative estimate of drug-likeness (QED) is 0.751. The molecule has 0 spiro atoms. The highest BCUT2D eigenvalue weighted by Gasteiger charge is 2.05. The van der Waals surface area contributed by atoms with Crippen LogP contribution in [-0.2, 0) is 6.42 Å². The Morgan fingerprint density at radius 1 is 1.43 bits per heavy atom. The predicted molar refractivity (Wildman–Crippen MR) is 59.5 cm³/mol. The van der Waals surface area contributed by atoms with Gasteiger partial charge in [0.2, 0.25) is 0 Å². The number of hydrogen-bond acceptors (Lipinski definition) is 3. The Balaban J connectivity index is 2.44. The molecule has 0 radical (unpaired) electrons. The Morgan fingerprint density at radius 2 is 2.29 bits per heavy atom. The molecule has 0 aliphatic carbocycles. The Labute approximate surface area is 87.7 Å². The van der Waals surface area contributed by atoms with Gasteiger partial charge in [-0.1, -0.05) is 6.92 Å². The van der Waals surface area contributed by atoms with Gasteiger partial charge in [-0.2, -0.15) is 0 Å². The van der Waals surface area contributed by atoms with Crippen molar-refractivity contribution < 1.29 is 0 Å². The normalized spacial score (nSPS) is 10.4. The van der Waals surface area contributed by atoms with Gasteiger partial charge in [0.05, 0.1) is 5.69 Å². The van der Waals surface area contributed by atoms with Crippen LogP contribution in [0.2, 0.25) is 0 Å². The maximum atomic E-state index is 4.54. The first kappa shape index (κ1) is 9.34. The summed E-state index contributed by atoms with van der Waals surface area (Å²) in [4.78, 5) is 8.66. The zero-order valence-corrected chi connectivity index (χ0v) is 9.14. The third kappa shape index (κ3) is 1.68. The fraction of sp³-hybridized carbons (Fsp3) is 0.273. The summed E-state index contributed by atoms with van der Waals surface area (Å²) in [6, 6.07) is 2.02. The molecule has 2 aromatic heterocycles. The van der Waals surface area contributed by atoms with E-state index in [1.54, 1.807) is 11.3 Å². The van der Waals surface area contributed by atoms with Gasteiger partial charge in [0.1, 0.15) is 5.01 Å². The van der Waals surface area contributed by atoms with E-state index in [0.717, 1.165) is 22.7 Å². The van der Waals surface area contributed by atoms with Gasteiger partial charge in [-0.05, 0) is 25.0 Å². The summed E-state index contributed by atoms with van der Waals surface area (Å²) in [6.45, 7) is 4.21. The highest BCUT2D eigenvalue weighted by Crippen LogP contribution is 2.25. The van der Waals surface area contributed by atoms with E-state index < -0.39 is 0 Å². The third-order valence-electron chi connectivity index (χ3n) is 2.18. The van der Waals surface area contributed by atoms with Gasteiger partial charge in [-0.3, -0.25) is 4.98 Å². The van der Waals surface area contributed by atoms with Crippen molar-refractivity contribution in [2.24, 2.45) is 0 Å². The van der Waals surface area contributed by atoms with Gasteiger partial charge < -0.3 is 0 Å². The second kappa shape index (κ2) is 3.88. The molecule has 14 heavy (non-hydrogen) atoms. The van der Waals surface area contributed by atoms with Crippen LogP contribution < -0.4 is 0 Å². The molecule has 2 nitrogen and oxygen atoms in total. The van der Waals surface area contributed by atoms with Crippen LogP contribution >= 0.6 is 11.3 Å². The average Bonchev–Trinajstić information content (AvgIpc) is 2.67. The maximum absolute atomic E-state index is 4.54. The van der Waals surface area contributed by atoms with Gasteiger partial charge in [-0.15, -0.1) is 11.3 Å². The van der Waals surface area contributed by atoms with Gasteiger partial charge in [0.15, 0.2) is 0 Å². The molecule has 0 N–H and O–H groups in total. The zero-order chi connectivity index (χ0) is 9.97. The van der Waals surface area contributed by atoms with E-state index in [1.165, 1.54) is 5.56 Å². The van der Waals surface area contributed by atoms with E-state index in [9.17, 15) is 0 Å². The molecule has 0 bridgehead atoms. The van der Waals surface area contributed by atoms with E-state index >= 15 is 0 Å². The van der Waals surface area contributed by atoms with Crippen LogP contribution in [-0.4, -0.2) is 9.97 Å². The number of pyridine rings is 1. The molecular formula is C11H12N2S. The van der Waals surface area contributed by atoms with Gasteiger partial charge >= 0.3 is 0 Å². The Bertz CT molecular complexity index is 434. The summed E-state index contributed by atoms with van der Waals surface area (Å²) < 4.78 is 0. The average molecular weight is 204 g/mol. The number of thiazole rings is 1. The molecule has 0 aliphatic heterocycles. The summed E-state index contributed by atoms with van der Waals surface area (Å²) in [5.41, 5.74) is 3.54. The molecule has 0 aromatic carbocycles. The molecule has 0 fully saturated rings. The fourth-order valence-electron chi connectivity index (χ4n) is 1.28. The summed E-state index contributed by atoms with van der Waals surface area (Å²) in [6.07, 6.45) is 4.69. The van der Waals surface area contributed by atoms with Crippen LogP contribution in [0.4, 0.5) is 0 Å².